The summed E-state index contributed by atoms with van der Waals surface area (Å²) >= 11 is 1.19. The standard InChI is InChI=1S/C10H9NO3S/c1-14-10(13)6-2-3-8-7(4-6)11-5-9(12)15-8/h2-4,11H,5H2,1H3. The van der Waals surface area contributed by atoms with Crippen LogP contribution in [0.1, 0.15) is 10.4 Å². The number of fused-ring (bicyclic) bond motifs is 1. The predicted octanol–water partition coefficient (Wildman–Crippen LogP) is 1.52. The first kappa shape index (κ1) is 10.0. The molecule has 1 heterocycles. The Morgan fingerprint density at radius 2 is 2.33 bits per heavy atom. The van der Waals surface area contributed by atoms with Crippen LogP contribution >= 0.6 is 11.8 Å². The molecular weight excluding hydrogens is 214 g/mol. The van der Waals surface area contributed by atoms with Crippen LogP contribution in [-0.4, -0.2) is 24.7 Å². The molecule has 0 fully saturated rings. The molecule has 0 saturated carbocycles. The molecule has 15 heavy (non-hydrogen) atoms. The van der Waals surface area contributed by atoms with Gasteiger partial charge >= 0.3 is 5.97 Å². The molecule has 78 valence electrons. The fraction of sp³-hybridized carbons (Fsp3) is 0.200. The molecule has 0 saturated heterocycles. The molecular formula is C10H9NO3S. The van der Waals surface area contributed by atoms with Gasteiger partial charge in [0.15, 0.2) is 0 Å². The van der Waals surface area contributed by atoms with Crippen molar-refractivity contribution in [3.8, 4) is 0 Å². The molecule has 0 radical (unpaired) electrons. The van der Waals surface area contributed by atoms with Crippen LogP contribution < -0.4 is 5.32 Å². The average Bonchev–Trinajstić information content (AvgIpc) is 2.27. The number of nitrogens with one attached hydrogen (secondary N) is 1. The molecule has 0 amide bonds. The molecule has 5 heteroatoms. The number of carbonyl (C=O) groups excluding carboxylic acids is 2. The van der Waals surface area contributed by atoms with Crippen LogP contribution in [0.4, 0.5) is 5.69 Å². The maximum atomic E-state index is 11.2. The first-order valence-electron chi connectivity index (χ1n) is 4.37. The van der Waals surface area contributed by atoms with Crippen LogP contribution in [0.3, 0.4) is 0 Å². The first-order chi connectivity index (χ1) is 7.20. The van der Waals surface area contributed by atoms with E-state index in [4.69, 9.17) is 0 Å². The van der Waals surface area contributed by atoms with Gasteiger partial charge in [0.05, 0.1) is 19.2 Å². The lowest BCUT2D eigenvalue weighted by Gasteiger charge is -2.16. The zero-order valence-electron chi connectivity index (χ0n) is 8.07. The van der Waals surface area contributed by atoms with Crippen LogP contribution in [0.15, 0.2) is 23.1 Å². The molecule has 2 rings (SSSR count). The zero-order valence-corrected chi connectivity index (χ0v) is 8.89. The van der Waals surface area contributed by atoms with Crippen molar-refractivity contribution in [2.24, 2.45) is 0 Å². The van der Waals surface area contributed by atoms with Crippen molar-refractivity contribution in [2.45, 2.75) is 4.90 Å². The molecule has 1 aliphatic rings. The summed E-state index contributed by atoms with van der Waals surface area (Å²) in [7, 11) is 1.34. The van der Waals surface area contributed by atoms with Crippen molar-refractivity contribution in [1.82, 2.24) is 0 Å². The van der Waals surface area contributed by atoms with E-state index in [1.54, 1.807) is 18.2 Å². The first-order valence-corrected chi connectivity index (χ1v) is 5.19. The molecule has 1 N–H and O–H groups in total. The van der Waals surface area contributed by atoms with E-state index in [1.807, 2.05) is 0 Å². The van der Waals surface area contributed by atoms with Crippen LogP contribution in [0.2, 0.25) is 0 Å². The third kappa shape index (κ3) is 1.97. The minimum Gasteiger partial charge on any atom is -0.465 e. The summed E-state index contributed by atoms with van der Waals surface area (Å²) in [4.78, 5) is 23.2. The summed E-state index contributed by atoms with van der Waals surface area (Å²) in [6.07, 6.45) is 0. The van der Waals surface area contributed by atoms with Gasteiger partial charge in [-0.2, -0.15) is 0 Å². The van der Waals surface area contributed by atoms with Crippen molar-refractivity contribution in [1.29, 1.82) is 0 Å². The smallest absolute Gasteiger partial charge is 0.337 e. The van der Waals surface area contributed by atoms with E-state index in [-0.39, 0.29) is 11.1 Å². The highest BCUT2D eigenvalue weighted by molar-refractivity contribution is 8.14. The Balaban J connectivity index is 2.34. The number of esters is 1. The fourth-order valence-electron chi connectivity index (χ4n) is 1.33. The van der Waals surface area contributed by atoms with E-state index in [2.05, 4.69) is 10.1 Å². The molecule has 0 aromatic heterocycles. The van der Waals surface area contributed by atoms with Crippen LogP contribution in [0.5, 0.6) is 0 Å². The summed E-state index contributed by atoms with van der Waals surface area (Å²) < 4.78 is 4.61. The Labute approximate surface area is 91.0 Å². The predicted molar refractivity (Wildman–Crippen MR) is 57.1 cm³/mol. The SMILES string of the molecule is COC(=O)c1ccc2c(c1)NCC(=O)S2. The maximum absolute atomic E-state index is 11.2. The van der Waals surface area contributed by atoms with E-state index < -0.39 is 0 Å². The number of thioether (sulfide) groups is 1. The molecule has 0 unspecified atom stereocenters. The third-order valence-corrected chi connectivity index (χ3v) is 3.00. The van der Waals surface area contributed by atoms with E-state index >= 15 is 0 Å². The van der Waals surface area contributed by atoms with Crippen molar-refractivity contribution in [2.75, 3.05) is 19.0 Å². The summed E-state index contributed by atoms with van der Waals surface area (Å²) in [5.41, 5.74) is 1.29. The largest absolute Gasteiger partial charge is 0.465 e. The van der Waals surface area contributed by atoms with Crippen LogP contribution in [-0.2, 0) is 9.53 Å². The quantitative estimate of drug-likeness (QED) is 0.731. The van der Waals surface area contributed by atoms with Gasteiger partial charge in [-0.05, 0) is 30.0 Å². The minimum absolute atomic E-state index is 0.0771. The number of hydrogen-bond donors (Lipinski definition) is 1. The van der Waals surface area contributed by atoms with E-state index in [0.29, 0.717) is 12.1 Å². The Morgan fingerprint density at radius 3 is 3.07 bits per heavy atom. The second-order valence-corrected chi connectivity index (χ2v) is 4.13. The van der Waals surface area contributed by atoms with Crippen molar-refractivity contribution in [3.63, 3.8) is 0 Å². The molecule has 0 aliphatic carbocycles. The average molecular weight is 223 g/mol. The Morgan fingerprint density at radius 1 is 1.53 bits per heavy atom. The maximum Gasteiger partial charge on any atom is 0.337 e. The molecule has 1 aliphatic heterocycles. The van der Waals surface area contributed by atoms with Gasteiger partial charge in [0, 0.05) is 10.6 Å². The second-order valence-electron chi connectivity index (χ2n) is 3.03. The number of benzene rings is 1. The van der Waals surface area contributed by atoms with Gasteiger partial charge in [0.25, 0.3) is 0 Å². The second kappa shape index (κ2) is 3.94. The highest BCUT2D eigenvalue weighted by Gasteiger charge is 2.17. The topological polar surface area (TPSA) is 55.4 Å². The number of anilines is 1. The molecule has 1 aromatic rings. The van der Waals surface area contributed by atoms with Crippen molar-refractivity contribution in [3.05, 3.63) is 23.8 Å². The molecule has 4 nitrogen and oxygen atoms in total. The number of rotatable bonds is 1. The van der Waals surface area contributed by atoms with E-state index in [0.717, 1.165) is 10.6 Å². The highest BCUT2D eigenvalue weighted by Crippen LogP contribution is 2.32. The van der Waals surface area contributed by atoms with Gasteiger partial charge in [-0.1, -0.05) is 0 Å². The number of carbonyl (C=O) groups is 2. The van der Waals surface area contributed by atoms with Gasteiger partial charge < -0.3 is 10.1 Å². The summed E-state index contributed by atoms with van der Waals surface area (Å²) in [6, 6.07) is 5.09. The van der Waals surface area contributed by atoms with Crippen molar-refractivity contribution >= 4 is 28.5 Å². The zero-order chi connectivity index (χ0) is 10.8. The summed E-state index contributed by atoms with van der Waals surface area (Å²) in [5.74, 6) is -0.374. The van der Waals surface area contributed by atoms with Gasteiger partial charge in [0.1, 0.15) is 0 Å². The van der Waals surface area contributed by atoms with Crippen LogP contribution in [0, 0.1) is 0 Å². The Hall–Kier alpha value is -1.49. The van der Waals surface area contributed by atoms with Crippen LogP contribution in [0.25, 0.3) is 0 Å². The lowest BCUT2D eigenvalue weighted by molar-refractivity contribution is -0.109. The normalized spacial score (nSPS) is 14.1. The Bertz CT molecular complexity index is 431. The molecule has 1 aromatic carbocycles. The van der Waals surface area contributed by atoms with E-state index in [1.165, 1.54) is 18.9 Å². The summed E-state index contributed by atoms with van der Waals surface area (Å²) in [6.45, 7) is 0.294. The highest BCUT2D eigenvalue weighted by atomic mass is 32.2. The third-order valence-electron chi connectivity index (χ3n) is 2.05. The lowest BCUT2D eigenvalue weighted by Crippen LogP contribution is -2.16. The monoisotopic (exact) mass is 223 g/mol. The minimum atomic E-state index is -0.374. The molecule has 0 bridgehead atoms. The molecule has 0 atom stereocenters. The van der Waals surface area contributed by atoms with E-state index in [9.17, 15) is 9.59 Å². The summed E-state index contributed by atoms with van der Waals surface area (Å²) in [5, 5.41) is 3.03. The van der Waals surface area contributed by atoms with Crippen molar-refractivity contribution < 1.29 is 14.3 Å². The Kier molecular flexibility index (Phi) is 2.64. The van der Waals surface area contributed by atoms with Gasteiger partial charge in [0.2, 0.25) is 5.12 Å². The number of ether oxygens (including phenoxy) is 1. The van der Waals surface area contributed by atoms with Gasteiger partial charge in [-0.25, -0.2) is 4.79 Å². The molecule has 0 spiro atoms. The fourth-order valence-corrected chi connectivity index (χ4v) is 2.09. The number of hydrogen-bond acceptors (Lipinski definition) is 5. The van der Waals surface area contributed by atoms with Gasteiger partial charge in [-0.3, -0.25) is 4.79 Å². The lowest BCUT2D eigenvalue weighted by atomic mass is 10.2. The van der Waals surface area contributed by atoms with Gasteiger partial charge in [-0.15, -0.1) is 0 Å². The number of methoxy groups -OCH3 is 1.